The van der Waals surface area contributed by atoms with Gasteiger partial charge < -0.3 is 19.7 Å². The molecule has 0 radical (unpaired) electrons. The summed E-state index contributed by atoms with van der Waals surface area (Å²) < 4.78 is 37.9. The van der Waals surface area contributed by atoms with E-state index in [0.29, 0.717) is 13.1 Å². The smallest absolute Gasteiger partial charge is 0.408 e. The van der Waals surface area contributed by atoms with E-state index in [1.165, 1.54) is 4.90 Å². The summed E-state index contributed by atoms with van der Waals surface area (Å²) in [6.45, 7) is 12.9. The zero-order chi connectivity index (χ0) is 26.1. The van der Waals surface area contributed by atoms with Crippen LogP contribution in [0.15, 0.2) is 30.3 Å². The second-order valence-electron chi connectivity index (χ2n) is 9.24. The first-order valence-electron chi connectivity index (χ1n) is 11.7. The number of nitrogens with zero attached hydrogens (tertiary/aromatic N) is 1. The van der Waals surface area contributed by atoms with E-state index < -0.39 is 54.0 Å². The molecule has 0 bridgehead atoms. The first-order valence-corrected chi connectivity index (χ1v) is 11.7. The lowest BCUT2D eigenvalue weighted by Gasteiger charge is -2.28. The number of esters is 1. The zero-order valence-electron chi connectivity index (χ0n) is 21.1. The first kappa shape index (κ1) is 29.3. The van der Waals surface area contributed by atoms with Crippen molar-refractivity contribution >= 4 is 18.0 Å². The molecule has 1 aliphatic rings. The maximum absolute atomic E-state index is 13.8. The highest BCUT2D eigenvalue weighted by molar-refractivity contribution is 5.84. The van der Waals surface area contributed by atoms with Gasteiger partial charge in [-0.05, 0) is 38.7 Å². The molecule has 7 nitrogen and oxygen atoms in total. The molecule has 1 saturated heterocycles. The van der Waals surface area contributed by atoms with E-state index in [4.69, 9.17) is 9.47 Å². The van der Waals surface area contributed by atoms with Gasteiger partial charge in [0, 0.05) is 13.1 Å². The van der Waals surface area contributed by atoms with E-state index in [9.17, 15) is 23.2 Å². The molecule has 1 fully saturated rings. The van der Waals surface area contributed by atoms with Gasteiger partial charge in [0.1, 0.15) is 11.6 Å². The van der Waals surface area contributed by atoms with Crippen LogP contribution in [0.1, 0.15) is 60.5 Å². The lowest BCUT2D eigenvalue weighted by Crippen LogP contribution is -2.49. The minimum absolute atomic E-state index is 0.153. The van der Waals surface area contributed by atoms with Crippen LogP contribution in [0.4, 0.5) is 13.6 Å². The highest BCUT2D eigenvalue weighted by Crippen LogP contribution is 2.29. The molecule has 34 heavy (non-hydrogen) atoms. The second-order valence-corrected chi connectivity index (χ2v) is 9.24. The summed E-state index contributed by atoms with van der Waals surface area (Å²) in [6, 6.07) is 8.02. The Labute approximate surface area is 201 Å². The number of hydrogen-bond acceptors (Lipinski definition) is 5. The fourth-order valence-corrected chi connectivity index (χ4v) is 3.48. The molecule has 192 valence electrons. The predicted molar refractivity (Wildman–Crippen MR) is 125 cm³/mol. The number of carbonyl (C=O) groups is 3. The van der Waals surface area contributed by atoms with Crippen LogP contribution >= 0.6 is 0 Å². The van der Waals surface area contributed by atoms with E-state index in [1.54, 1.807) is 34.6 Å². The summed E-state index contributed by atoms with van der Waals surface area (Å²) in [5.74, 6) is -3.09. The van der Waals surface area contributed by atoms with E-state index in [1.807, 2.05) is 44.2 Å². The number of amides is 2. The van der Waals surface area contributed by atoms with Crippen LogP contribution in [-0.2, 0) is 25.6 Å². The average Bonchev–Trinajstić information content (AvgIpc) is 3.10. The van der Waals surface area contributed by atoms with Crippen LogP contribution in [0.5, 0.6) is 0 Å². The third-order valence-corrected chi connectivity index (χ3v) is 5.05. The standard InChI is InChI=1S/C23H32F2N2O5.C2H6/c1-14(2)17(26-22(30)32-23(3,4)5)21(29)31-18(19(24)25)16-11-12-27(20(16)28)13-15-9-7-6-8-10-15;1-2/h6-10,14,16-19H,11-13H2,1-5H3,(H,26,30);1-2H3. The van der Waals surface area contributed by atoms with Crippen molar-refractivity contribution in [3.8, 4) is 0 Å². The normalized spacial score (nSPS) is 17.7. The van der Waals surface area contributed by atoms with Gasteiger partial charge in [0.25, 0.3) is 6.43 Å². The summed E-state index contributed by atoms with van der Waals surface area (Å²) in [4.78, 5) is 39.0. The van der Waals surface area contributed by atoms with Crippen molar-refractivity contribution in [2.45, 2.75) is 85.6 Å². The molecule has 1 aromatic rings. The van der Waals surface area contributed by atoms with E-state index in [2.05, 4.69) is 5.32 Å². The Bertz CT molecular complexity index is 796. The Hall–Kier alpha value is -2.71. The number of ether oxygens (including phenoxy) is 2. The van der Waals surface area contributed by atoms with Gasteiger partial charge in [0.05, 0.1) is 5.92 Å². The number of benzene rings is 1. The van der Waals surface area contributed by atoms with Crippen molar-refractivity contribution in [2.75, 3.05) is 6.54 Å². The quantitative estimate of drug-likeness (QED) is 0.537. The maximum Gasteiger partial charge on any atom is 0.408 e. The van der Waals surface area contributed by atoms with Crippen molar-refractivity contribution in [1.82, 2.24) is 10.2 Å². The van der Waals surface area contributed by atoms with Gasteiger partial charge in [-0.25, -0.2) is 18.4 Å². The second kappa shape index (κ2) is 13.2. The Morgan fingerprint density at radius 3 is 2.24 bits per heavy atom. The van der Waals surface area contributed by atoms with Crippen LogP contribution in [-0.4, -0.2) is 53.6 Å². The molecule has 3 unspecified atom stereocenters. The number of nitrogens with one attached hydrogen (secondary N) is 1. The zero-order valence-corrected chi connectivity index (χ0v) is 21.1. The largest absolute Gasteiger partial charge is 0.454 e. The molecule has 1 aliphatic heterocycles. The number of carbonyl (C=O) groups excluding carboxylic acids is 3. The fourth-order valence-electron chi connectivity index (χ4n) is 3.48. The van der Waals surface area contributed by atoms with E-state index >= 15 is 0 Å². The maximum atomic E-state index is 13.8. The average molecular weight is 485 g/mol. The summed E-state index contributed by atoms with van der Waals surface area (Å²) in [5, 5.41) is 2.38. The number of alkyl carbamates (subject to hydrolysis) is 1. The van der Waals surface area contributed by atoms with Gasteiger partial charge in [-0.3, -0.25) is 4.79 Å². The number of hydrogen-bond donors (Lipinski definition) is 1. The van der Waals surface area contributed by atoms with Gasteiger partial charge in [-0.1, -0.05) is 58.0 Å². The summed E-state index contributed by atoms with van der Waals surface area (Å²) in [6.07, 6.45) is -5.64. The molecular formula is C25H38F2N2O5. The number of likely N-dealkylation sites (tertiary alicyclic amines) is 1. The SMILES string of the molecule is CC.CC(C)C(NC(=O)OC(C)(C)C)C(=O)OC(C(F)F)C1CCN(Cc2ccccc2)C1=O. The van der Waals surface area contributed by atoms with Crippen LogP contribution in [0.25, 0.3) is 0 Å². The Kier molecular flexibility index (Phi) is 11.4. The molecule has 0 spiro atoms. The number of rotatable bonds is 8. The van der Waals surface area contributed by atoms with Crippen LogP contribution in [0.2, 0.25) is 0 Å². The molecule has 1 aromatic carbocycles. The van der Waals surface area contributed by atoms with Crippen LogP contribution in [0, 0.1) is 11.8 Å². The molecule has 3 atom stereocenters. The minimum atomic E-state index is -3.04. The fraction of sp³-hybridized carbons (Fsp3) is 0.640. The van der Waals surface area contributed by atoms with E-state index in [-0.39, 0.29) is 6.42 Å². The topological polar surface area (TPSA) is 84.9 Å². The van der Waals surface area contributed by atoms with Gasteiger partial charge in [-0.15, -0.1) is 0 Å². The van der Waals surface area contributed by atoms with Crippen molar-refractivity contribution in [2.24, 2.45) is 11.8 Å². The molecule has 1 heterocycles. The monoisotopic (exact) mass is 484 g/mol. The first-order chi connectivity index (χ1) is 15.9. The molecule has 2 amide bonds. The Morgan fingerprint density at radius 1 is 1.15 bits per heavy atom. The molecule has 9 heteroatoms. The lowest BCUT2D eigenvalue weighted by molar-refractivity contribution is -0.168. The molecule has 0 aliphatic carbocycles. The van der Waals surface area contributed by atoms with Crippen LogP contribution < -0.4 is 5.32 Å². The molecule has 2 rings (SSSR count). The van der Waals surface area contributed by atoms with Crippen LogP contribution in [0.3, 0.4) is 0 Å². The molecule has 1 N–H and O–H groups in total. The molecular weight excluding hydrogens is 446 g/mol. The van der Waals surface area contributed by atoms with Crippen molar-refractivity contribution in [1.29, 1.82) is 0 Å². The molecule has 0 saturated carbocycles. The third-order valence-electron chi connectivity index (χ3n) is 5.05. The van der Waals surface area contributed by atoms with Gasteiger partial charge >= 0.3 is 12.1 Å². The highest BCUT2D eigenvalue weighted by atomic mass is 19.3. The van der Waals surface area contributed by atoms with Gasteiger partial charge in [-0.2, -0.15) is 0 Å². The molecule has 0 aromatic heterocycles. The lowest BCUT2D eigenvalue weighted by atomic mass is 10.00. The van der Waals surface area contributed by atoms with Gasteiger partial charge in [0.15, 0.2) is 6.10 Å². The highest BCUT2D eigenvalue weighted by Gasteiger charge is 2.45. The summed E-state index contributed by atoms with van der Waals surface area (Å²) >= 11 is 0. The number of halogens is 2. The Morgan fingerprint density at radius 2 is 1.74 bits per heavy atom. The summed E-state index contributed by atoms with van der Waals surface area (Å²) in [5.41, 5.74) is 0.0907. The Balaban J connectivity index is 0.00000281. The summed E-state index contributed by atoms with van der Waals surface area (Å²) in [7, 11) is 0. The van der Waals surface area contributed by atoms with Crippen molar-refractivity contribution in [3.05, 3.63) is 35.9 Å². The van der Waals surface area contributed by atoms with Crippen molar-refractivity contribution < 1.29 is 32.6 Å². The van der Waals surface area contributed by atoms with E-state index in [0.717, 1.165) is 5.56 Å². The van der Waals surface area contributed by atoms with Crippen molar-refractivity contribution in [3.63, 3.8) is 0 Å². The number of alkyl halides is 2. The van der Waals surface area contributed by atoms with Gasteiger partial charge in [0.2, 0.25) is 5.91 Å². The third kappa shape index (κ3) is 8.91. The predicted octanol–water partition coefficient (Wildman–Crippen LogP) is 4.79. The minimum Gasteiger partial charge on any atom is -0.454 e.